The normalized spacial score (nSPS) is 16.1. The Morgan fingerprint density at radius 2 is 1.87 bits per heavy atom. The lowest BCUT2D eigenvalue weighted by atomic mass is 10.1. The Balaban J connectivity index is 1.44. The zero-order valence-corrected chi connectivity index (χ0v) is 15.9. The highest BCUT2D eigenvalue weighted by atomic mass is 35.5. The molecule has 0 saturated carbocycles. The zero-order valence-electron chi connectivity index (χ0n) is 15.2. The number of carbonyl (C=O) groups excluding carboxylic acids is 1. The number of rotatable bonds is 4. The van der Waals surface area contributed by atoms with E-state index in [1.165, 1.54) is 12.1 Å². The Morgan fingerprint density at radius 1 is 1.17 bits per heavy atom. The van der Waals surface area contributed by atoms with E-state index in [4.69, 9.17) is 16.3 Å². The smallest absolute Gasteiger partial charge is 0.406 e. The molecular formula is C19H14ClF3N4O3. The number of nitrogens with one attached hydrogen (secondary N) is 1. The molecule has 1 aliphatic rings. The third-order valence-corrected chi connectivity index (χ3v) is 4.65. The number of carbonyl (C=O) groups is 1. The first-order valence-electron chi connectivity index (χ1n) is 8.75. The van der Waals surface area contributed by atoms with E-state index < -0.39 is 12.3 Å². The molecule has 1 atom stereocenters. The highest BCUT2D eigenvalue weighted by Gasteiger charge is 2.31. The van der Waals surface area contributed by atoms with Crippen LogP contribution in [-0.2, 0) is 17.9 Å². The standard InChI is InChI=1S/C19H14ClF3N4O3/c20-12-3-1-11(2-4-12)16-9-27-15(10-29-16)17(25-26-27)18(28)24-13-5-7-14(8-6-13)30-19(21,22)23/h1-8,16H,9-10H2,(H,24,28). The molecular weight excluding hydrogens is 425 g/mol. The van der Waals surface area contributed by atoms with Crippen LogP contribution in [0, 0.1) is 0 Å². The number of hydrogen-bond donors (Lipinski definition) is 1. The van der Waals surface area contributed by atoms with Crippen molar-refractivity contribution in [2.75, 3.05) is 5.32 Å². The minimum atomic E-state index is -4.78. The van der Waals surface area contributed by atoms with Crippen LogP contribution in [0.2, 0.25) is 5.02 Å². The Morgan fingerprint density at radius 3 is 2.53 bits per heavy atom. The van der Waals surface area contributed by atoms with Crippen molar-refractivity contribution in [3.63, 3.8) is 0 Å². The molecule has 1 aliphatic heterocycles. The maximum atomic E-state index is 12.5. The van der Waals surface area contributed by atoms with Crippen LogP contribution >= 0.6 is 11.6 Å². The Bertz CT molecular complexity index is 1050. The van der Waals surface area contributed by atoms with E-state index in [9.17, 15) is 18.0 Å². The topological polar surface area (TPSA) is 78.3 Å². The third-order valence-electron chi connectivity index (χ3n) is 4.40. The molecule has 0 spiro atoms. The fraction of sp³-hybridized carbons (Fsp3) is 0.211. The molecule has 11 heteroatoms. The van der Waals surface area contributed by atoms with E-state index in [2.05, 4.69) is 20.4 Å². The number of amides is 1. The number of ether oxygens (including phenoxy) is 2. The van der Waals surface area contributed by atoms with Crippen molar-refractivity contribution in [1.82, 2.24) is 15.0 Å². The number of anilines is 1. The van der Waals surface area contributed by atoms with Gasteiger partial charge < -0.3 is 14.8 Å². The number of aromatic nitrogens is 3. The molecule has 1 N–H and O–H groups in total. The SMILES string of the molecule is O=C(Nc1ccc(OC(F)(F)F)cc1)c1nnn2c1COC(c1ccc(Cl)cc1)C2. The monoisotopic (exact) mass is 438 g/mol. The zero-order chi connectivity index (χ0) is 21.3. The first-order valence-corrected chi connectivity index (χ1v) is 9.13. The molecule has 0 radical (unpaired) electrons. The van der Waals surface area contributed by atoms with Gasteiger partial charge in [0.1, 0.15) is 11.9 Å². The van der Waals surface area contributed by atoms with Gasteiger partial charge in [-0.3, -0.25) is 4.79 Å². The van der Waals surface area contributed by atoms with E-state index in [0.29, 0.717) is 17.3 Å². The summed E-state index contributed by atoms with van der Waals surface area (Å²) in [5, 5.41) is 11.1. The summed E-state index contributed by atoms with van der Waals surface area (Å²) >= 11 is 5.90. The molecule has 2 aromatic carbocycles. The van der Waals surface area contributed by atoms with Crippen LogP contribution < -0.4 is 10.1 Å². The lowest BCUT2D eigenvalue weighted by Gasteiger charge is -2.24. The first-order chi connectivity index (χ1) is 14.3. The van der Waals surface area contributed by atoms with Crippen molar-refractivity contribution in [3.05, 3.63) is 70.5 Å². The molecule has 30 heavy (non-hydrogen) atoms. The third kappa shape index (κ3) is 4.55. The fourth-order valence-corrected chi connectivity index (χ4v) is 3.12. The van der Waals surface area contributed by atoms with Crippen LogP contribution in [0.25, 0.3) is 0 Å². The molecule has 0 fully saturated rings. The second-order valence-electron chi connectivity index (χ2n) is 6.44. The molecule has 7 nitrogen and oxygen atoms in total. The van der Waals surface area contributed by atoms with Gasteiger partial charge in [0, 0.05) is 10.7 Å². The summed E-state index contributed by atoms with van der Waals surface area (Å²) in [6.45, 7) is 0.502. The highest BCUT2D eigenvalue weighted by Crippen LogP contribution is 2.28. The van der Waals surface area contributed by atoms with E-state index in [-0.39, 0.29) is 29.8 Å². The minimum Gasteiger partial charge on any atom is -0.406 e. The van der Waals surface area contributed by atoms with Gasteiger partial charge in [0.15, 0.2) is 5.69 Å². The Hall–Kier alpha value is -3.11. The predicted molar refractivity (Wildman–Crippen MR) is 100 cm³/mol. The summed E-state index contributed by atoms with van der Waals surface area (Å²) in [6.07, 6.45) is -5.04. The minimum absolute atomic E-state index is 0.0835. The van der Waals surface area contributed by atoms with Crippen molar-refractivity contribution in [3.8, 4) is 5.75 Å². The molecule has 0 bridgehead atoms. The molecule has 0 aliphatic carbocycles. The van der Waals surface area contributed by atoms with Gasteiger partial charge in [-0.2, -0.15) is 0 Å². The number of hydrogen-bond acceptors (Lipinski definition) is 5. The summed E-state index contributed by atoms with van der Waals surface area (Å²) in [4.78, 5) is 12.5. The van der Waals surface area contributed by atoms with Crippen molar-refractivity contribution < 1.29 is 27.4 Å². The molecule has 0 saturated heterocycles. The van der Waals surface area contributed by atoms with Crippen LogP contribution in [0.15, 0.2) is 48.5 Å². The molecule has 2 heterocycles. The fourth-order valence-electron chi connectivity index (χ4n) is 3.00. The number of alkyl halides is 3. The second-order valence-corrected chi connectivity index (χ2v) is 6.88. The van der Waals surface area contributed by atoms with Crippen LogP contribution in [0.4, 0.5) is 18.9 Å². The van der Waals surface area contributed by atoms with Gasteiger partial charge in [-0.15, -0.1) is 18.3 Å². The maximum absolute atomic E-state index is 12.5. The Kier molecular flexibility index (Phi) is 5.35. The lowest BCUT2D eigenvalue weighted by molar-refractivity contribution is -0.274. The van der Waals surface area contributed by atoms with Crippen molar-refractivity contribution in [1.29, 1.82) is 0 Å². The molecule has 1 amide bonds. The van der Waals surface area contributed by atoms with E-state index in [1.54, 1.807) is 16.8 Å². The summed E-state index contributed by atoms with van der Waals surface area (Å²) < 4.78 is 47.9. The van der Waals surface area contributed by atoms with E-state index >= 15 is 0 Å². The van der Waals surface area contributed by atoms with Gasteiger partial charge in [0.2, 0.25) is 0 Å². The van der Waals surface area contributed by atoms with Crippen LogP contribution in [-0.4, -0.2) is 27.3 Å². The van der Waals surface area contributed by atoms with Gasteiger partial charge in [-0.25, -0.2) is 4.68 Å². The van der Waals surface area contributed by atoms with Gasteiger partial charge in [-0.1, -0.05) is 28.9 Å². The molecule has 3 aromatic rings. The second kappa shape index (κ2) is 7.96. The summed E-state index contributed by atoms with van der Waals surface area (Å²) in [7, 11) is 0. The number of halogens is 4. The maximum Gasteiger partial charge on any atom is 0.573 e. The van der Waals surface area contributed by atoms with Crippen LogP contribution in [0.5, 0.6) is 5.75 Å². The van der Waals surface area contributed by atoms with Gasteiger partial charge in [-0.05, 0) is 42.0 Å². The quantitative estimate of drug-likeness (QED) is 0.655. The van der Waals surface area contributed by atoms with Crippen molar-refractivity contribution >= 4 is 23.2 Å². The van der Waals surface area contributed by atoms with Gasteiger partial charge >= 0.3 is 6.36 Å². The number of benzene rings is 2. The summed E-state index contributed by atoms with van der Waals surface area (Å²) in [6, 6.07) is 12.0. The average molecular weight is 439 g/mol. The van der Waals surface area contributed by atoms with Gasteiger partial charge in [0.25, 0.3) is 5.91 Å². The van der Waals surface area contributed by atoms with Crippen molar-refractivity contribution in [2.45, 2.75) is 25.6 Å². The van der Waals surface area contributed by atoms with E-state index in [0.717, 1.165) is 17.7 Å². The average Bonchev–Trinajstić information content (AvgIpc) is 3.12. The largest absolute Gasteiger partial charge is 0.573 e. The molecule has 4 rings (SSSR count). The molecule has 1 aromatic heterocycles. The predicted octanol–water partition coefficient (Wildman–Crippen LogP) is 4.35. The number of nitrogens with zero attached hydrogens (tertiary/aromatic N) is 3. The van der Waals surface area contributed by atoms with Crippen molar-refractivity contribution in [2.24, 2.45) is 0 Å². The number of fused-ring (bicyclic) bond motifs is 1. The molecule has 1 unspecified atom stereocenters. The summed E-state index contributed by atoms with van der Waals surface area (Å²) in [5.41, 5.74) is 1.80. The summed E-state index contributed by atoms with van der Waals surface area (Å²) in [5.74, 6) is -0.933. The van der Waals surface area contributed by atoms with Crippen LogP contribution in [0.3, 0.4) is 0 Å². The first kappa shape index (κ1) is 20.2. The Labute approximate surface area is 173 Å². The van der Waals surface area contributed by atoms with E-state index in [1.807, 2.05) is 12.1 Å². The highest BCUT2D eigenvalue weighted by molar-refractivity contribution is 6.30. The molecule has 156 valence electrons. The van der Waals surface area contributed by atoms with Gasteiger partial charge in [0.05, 0.1) is 18.8 Å². The van der Waals surface area contributed by atoms with Crippen LogP contribution in [0.1, 0.15) is 27.8 Å². The lowest BCUT2D eigenvalue weighted by Crippen LogP contribution is -2.24.